The SMILES string of the molecule is CC(=O)Oc1cccc(C(=N)N)c1Cl. The summed E-state index contributed by atoms with van der Waals surface area (Å²) in [7, 11) is 0. The summed E-state index contributed by atoms with van der Waals surface area (Å²) in [5.74, 6) is -0.413. The first-order chi connectivity index (χ1) is 6.52. The molecule has 1 rings (SSSR count). The van der Waals surface area contributed by atoms with Crippen molar-refractivity contribution in [1.82, 2.24) is 0 Å². The van der Waals surface area contributed by atoms with Gasteiger partial charge in [0.2, 0.25) is 0 Å². The maximum Gasteiger partial charge on any atom is 0.308 e. The molecule has 0 saturated carbocycles. The second-order valence-corrected chi connectivity index (χ2v) is 3.00. The molecule has 1 aromatic rings. The van der Waals surface area contributed by atoms with Gasteiger partial charge in [-0.2, -0.15) is 0 Å². The third-order valence-corrected chi connectivity index (χ3v) is 1.90. The first-order valence-corrected chi connectivity index (χ1v) is 4.21. The fourth-order valence-corrected chi connectivity index (χ4v) is 1.22. The van der Waals surface area contributed by atoms with Gasteiger partial charge in [-0.05, 0) is 12.1 Å². The Morgan fingerprint density at radius 3 is 2.71 bits per heavy atom. The van der Waals surface area contributed by atoms with E-state index in [1.54, 1.807) is 12.1 Å². The minimum atomic E-state index is -0.465. The lowest BCUT2D eigenvalue weighted by Gasteiger charge is -2.07. The van der Waals surface area contributed by atoms with Crippen LogP contribution in [0.2, 0.25) is 5.02 Å². The number of esters is 1. The van der Waals surface area contributed by atoms with E-state index in [-0.39, 0.29) is 16.6 Å². The first kappa shape index (κ1) is 10.5. The van der Waals surface area contributed by atoms with Crippen LogP contribution < -0.4 is 10.5 Å². The second-order valence-electron chi connectivity index (χ2n) is 2.63. The van der Waals surface area contributed by atoms with Gasteiger partial charge in [0.1, 0.15) is 11.6 Å². The van der Waals surface area contributed by atoms with Gasteiger partial charge in [-0.3, -0.25) is 10.2 Å². The summed E-state index contributed by atoms with van der Waals surface area (Å²) in [4.78, 5) is 10.7. The van der Waals surface area contributed by atoms with Gasteiger partial charge in [0.15, 0.2) is 0 Å². The van der Waals surface area contributed by atoms with Gasteiger partial charge in [0.25, 0.3) is 0 Å². The zero-order chi connectivity index (χ0) is 10.7. The van der Waals surface area contributed by atoms with Crippen LogP contribution in [-0.4, -0.2) is 11.8 Å². The maximum atomic E-state index is 10.7. The quantitative estimate of drug-likeness (QED) is 0.338. The molecule has 0 amide bonds. The molecule has 0 aliphatic heterocycles. The van der Waals surface area contributed by atoms with E-state index in [0.717, 1.165) is 0 Å². The minimum Gasteiger partial charge on any atom is -0.425 e. The lowest BCUT2D eigenvalue weighted by molar-refractivity contribution is -0.131. The summed E-state index contributed by atoms with van der Waals surface area (Å²) in [6, 6.07) is 4.73. The van der Waals surface area contributed by atoms with Crippen molar-refractivity contribution in [2.24, 2.45) is 5.73 Å². The van der Waals surface area contributed by atoms with Crippen molar-refractivity contribution >= 4 is 23.4 Å². The molecule has 3 N–H and O–H groups in total. The van der Waals surface area contributed by atoms with Crippen molar-refractivity contribution in [2.45, 2.75) is 6.92 Å². The van der Waals surface area contributed by atoms with Crippen molar-refractivity contribution in [3.8, 4) is 5.75 Å². The van der Waals surface area contributed by atoms with Crippen molar-refractivity contribution < 1.29 is 9.53 Å². The number of halogens is 1. The molecule has 5 heteroatoms. The number of benzene rings is 1. The zero-order valence-corrected chi connectivity index (χ0v) is 8.26. The molecule has 0 fully saturated rings. The van der Waals surface area contributed by atoms with E-state index < -0.39 is 5.97 Å². The molecule has 74 valence electrons. The Kier molecular flexibility index (Phi) is 3.09. The molecule has 0 heterocycles. The number of ether oxygens (including phenoxy) is 1. The van der Waals surface area contributed by atoms with E-state index >= 15 is 0 Å². The molecule has 0 bridgehead atoms. The minimum absolute atomic E-state index is 0.163. The van der Waals surface area contributed by atoms with Crippen molar-refractivity contribution in [3.63, 3.8) is 0 Å². The van der Waals surface area contributed by atoms with E-state index in [1.165, 1.54) is 13.0 Å². The van der Waals surface area contributed by atoms with Crippen LogP contribution in [-0.2, 0) is 4.79 Å². The molecule has 0 aliphatic rings. The van der Waals surface area contributed by atoms with Gasteiger partial charge < -0.3 is 10.5 Å². The number of nitrogens with two attached hydrogens (primary N) is 1. The van der Waals surface area contributed by atoms with Gasteiger partial charge in [-0.25, -0.2) is 0 Å². The summed E-state index contributed by atoms with van der Waals surface area (Å²) >= 11 is 5.85. The Morgan fingerprint density at radius 1 is 1.57 bits per heavy atom. The van der Waals surface area contributed by atoms with Crippen molar-refractivity contribution in [2.75, 3.05) is 0 Å². The Balaban J connectivity index is 3.13. The van der Waals surface area contributed by atoms with Gasteiger partial charge >= 0.3 is 5.97 Å². The predicted octanol–water partition coefficient (Wildman–Crippen LogP) is 1.55. The Bertz CT molecular complexity index is 390. The number of carbonyl (C=O) groups excluding carboxylic acids is 1. The molecule has 14 heavy (non-hydrogen) atoms. The smallest absolute Gasteiger partial charge is 0.308 e. The Labute approximate surface area is 86.1 Å². The molecule has 1 aromatic carbocycles. The fourth-order valence-electron chi connectivity index (χ4n) is 0.952. The number of amidine groups is 1. The first-order valence-electron chi connectivity index (χ1n) is 3.83. The van der Waals surface area contributed by atoms with Crippen LogP contribution >= 0.6 is 11.6 Å². The van der Waals surface area contributed by atoms with E-state index in [4.69, 9.17) is 27.5 Å². The highest BCUT2D eigenvalue weighted by Crippen LogP contribution is 2.27. The van der Waals surface area contributed by atoms with Crippen LogP contribution in [0.4, 0.5) is 0 Å². The van der Waals surface area contributed by atoms with Crippen LogP contribution in [0.25, 0.3) is 0 Å². The molecule has 0 radical (unpaired) electrons. The van der Waals surface area contributed by atoms with Crippen LogP contribution in [0.1, 0.15) is 12.5 Å². The second kappa shape index (κ2) is 4.11. The Morgan fingerprint density at radius 2 is 2.21 bits per heavy atom. The average molecular weight is 213 g/mol. The van der Waals surface area contributed by atoms with E-state index in [1.807, 2.05) is 0 Å². The summed E-state index contributed by atoms with van der Waals surface area (Å²) in [5.41, 5.74) is 5.62. The number of hydrogen-bond acceptors (Lipinski definition) is 3. The lowest BCUT2D eigenvalue weighted by atomic mass is 10.2. The monoisotopic (exact) mass is 212 g/mol. The molecular formula is C9H9ClN2O2. The largest absolute Gasteiger partial charge is 0.425 e. The summed E-state index contributed by atoms with van der Waals surface area (Å²) in [6.45, 7) is 1.27. The average Bonchev–Trinajstić information content (AvgIpc) is 2.07. The normalized spacial score (nSPS) is 9.57. The van der Waals surface area contributed by atoms with Gasteiger partial charge in [-0.1, -0.05) is 17.7 Å². The standard InChI is InChI=1S/C9H9ClN2O2/c1-5(13)14-7-4-2-3-6(8(7)10)9(11)12/h2-4H,1H3,(H3,11,12). The summed E-state index contributed by atoms with van der Waals surface area (Å²) in [5, 5.41) is 7.38. The number of nitrogens with one attached hydrogen (secondary N) is 1. The third kappa shape index (κ3) is 2.23. The fraction of sp³-hybridized carbons (Fsp3) is 0.111. The van der Waals surface area contributed by atoms with E-state index in [0.29, 0.717) is 5.56 Å². The number of rotatable bonds is 2. The zero-order valence-electron chi connectivity index (χ0n) is 7.50. The molecule has 0 spiro atoms. The van der Waals surface area contributed by atoms with Crippen molar-refractivity contribution in [1.29, 1.82) is 5.41 Å². The molecule has 4 nitrogen and oxygen atoms in total. The molecule has 0 unspecified atom stereocenters. The van der Waals surface area contributed by atoms with Crippen LogP contribution in [0, 0.1) is 5.41 Å². The van der Waals surface area contributed by atoms with Gasteiger partial charge in [0.05, 0.1) is 5.02 Å². The maximum absolute atomic E-state index is 10.7. The number of nitrogen functional groups attached to an aromatic ring is 1. The van der Waals surface area contributed by atoms with Crippen LogP contribution in [0.5, 0.6) is 5.75 Å². The van der Waals surface area contributed by atoms with Gasteiger partial charge in [0, 0.05) is 12.5 Å². The molecule has 0 aromatic heterocycles. The highest BCUT2D eigenvalue weighted by Gasteiger charge is 2.10. The number of hydrogen-bond donors (Lipinski definition) is 2. The highest BCUT2D eigenvalue weighted by molar-refractivity contribution is 6.35. The summed E-state index contributed by atoms with van der Waals surface area (Å²) < 4.78 is 4.81. The van der Waals surface area contributed by atoms with E-state index in [9.17, 15) is 4.79 Å². The van der Waals surface area contributed by atoms with Crippen molar-refractivity contribution in [3.05, 3.63) is 28.8 Å². The van der Waals surface area contributed by atoms with E-state index in [2.05, 4.69) is 0 Å². The Hall–Kier alpha value is -1.55. The third-order valence-electron chi connectivity index (χ3n) is 1.51. The summed E-state index contributed by atoms with van der Waals surface area (Å²) in [6.07, 6.45) is 0. The van der Waals surface area contributed by atoms with Crippen LogP contribution in [0.3, 0.4) is 0 Å². The molecule has 0 aliphatic carbocycles. The topological polar surface area (TPSA) is 76.2 Å². The molecule has 0 atom stereocenters. The number of carbonyl (C=O) groups is 1. The predicted molar refractivity (Wildman–Crippen MR) is 53.8 cm³/mol. The molecular weight excluding hydrogens is 204 g/mol. The molecule has 0 saturated heterocycles. The lowest BCUT2D eigenvalue weighted by Crippen LogP contribution is -2.12. The van der Waals surface area contributed by atoms with Crippen LogP contribution in [0.15, 0.2) is 18.2 Å². The van der Waals surface area contributed by atoms with Gasteiger partial charge in [-0.15, -0.1) is 0 Å². The highest BCUT2D eigenvalue weighted by atomic mass is 35.5.